The molecule has 1 unspecified atom stereocenters. The van der Waals surface area contributed by atoms with Gasteiger partial charge in [0.05, 0.1) is 19.8 Å². The molecule has 1 amide bonds. The Hall–Kier alpha value is -3.06. The van der Waals surface area contributed by atoms with Crippen molar-refractivity contribution in [3.63, 3.8) is 0 Å². The van der Waals surface area contributed by atoms with Crippen molar-refractivity contribution in [2.75, 3.05) is 19.5 Å². The van der Waals surface area contributed by atoms with Gasteiger partial charge >= 0.3 is 0 Å². The number of amides is 1. The fraction of sp³-hybridized carbons (Fsp3) is 0.190. The lowest BCUT2D eigenvalue weighted by atomic mass is 10.1. The van der Waals surface area contributed by atoms with Crippen LogP contribution >= 0.6 is 11.8 Å². The van der Waals surface area contributed by atoms with Crippen LogP contribution < -0.4 is 14.8 Å². The smallest absolute Gasteiger partial charge is 0.258 e. The highest BCUT2D eigenvalue weighted by molar-refractivity contribution is 7.99. The van der Waals surface area contributed by atoms with E-state index in [0.29, 0.717) is 27.8 Å². The normalized spacial score (nSPS) is 11.5. The molecule has 144 valence electrons. The molecule has 3 rings (SSSR count). The molecule has 0 bridgehead atoms. The second-order valence-corrected chi connectivity index (χ2v) is 7.25. The summed E-state index contributed by atoms with van der Waals surface area (Å²) >= 11 is 1.51. The number of nitrogens with one attached hydrogen (secondary N) is 1. The maximum absolute atomic E-state index is 12.7. The molecule has 1 N–H and O–H groups in total. The Morgan fingerprint density at radius 1 is 1.04 bits per heavy atom. The lowest BCUT2D eigenvalue weighted by Crippen LogP contribution is -2.13. The highest BCUT2D eigenvalue weighted by Crippen LogP contribution is 2.38. The molecule has 0 aliphatic heterocycles. The first-order valence-corrected chi connectivity index (χ1v) is 9.55. The molecule has 28 heavy (non-hydrogen) atoms. The van der Waals surface area contributed by atoms with Gasteiger partial charge in [0, 0.05) is 29.5 Å². The van der Waals surface area contributed by atoms with Gasteiger partial charge in [-0.05, 0) is 48.9 Å². The first-order chi connectivity index (χ1) is 13.6. The zero-order chi connectivity index (χ0) is 19.9. The molecule has 0 radical (unpaired) electrons. The van der Waals surface area contributed by atoms with Gasteiger partial charge in [-0.1, -0.05) is 17.8 Å². The largest absolute Gasteiger partial charge is 0.493 e. The summed E-state index contributed by atoms with van der Waals surface area (Å²) < 4.78 is 10.7. The lowest BCUT2D eigenvalue weighted by molar-refractivity contribution is 0.102. The second kappa shape index (κ2) is 9.23. The Kier molecular flexibility index (Phi) is 6.49. The van der Waals surface area contributed by atoms with E-state index >= 15 is 0 Å². The van der Waals surface area contributed by atoms with Crippen molar-refractivity contribution in [1.82, 2.24) is 9.97 Å². The van der Waals surface area contributed by atoms with Gasteiger partial charge in [-0.25, -0.2) is 4.98 Å². The van der Waals surface area contributed by atoms with Crippen LogP contribution in [0.1, 0.15) is 28.1 Å². The number of methoxy groups -OCH3 is 2. The van der Waals surface area contributed by atoms with Gasteiger partial charge in [0.25, 0.3) is 5.91 Å². The number of pyridine rings is 2. The van der Waals surface area contributed by atoms with E-state index in [-0.39, 0.29) is 11.2 Å². The maximum Gasteiger partial charge on any atom is 0.258 e. The number of hydrogen-bond acceptors (Lipinski definition) is 6. The van der Waals surface area contributed by atoms with Crippen molar-refractivity contribution >= 4 is 23.4 Å². The Morgan fingerprint density at radius 2 is 1.79 bits per heavy atom. The molecule has 6 nitrogen and oxygen atoms in total. The summed E-state index contributed by atoms with van der Waals surface area (Å²) in [6.07, 6.45) is 4.95. The van der Waals surface area contributed by atoms with Crippen molar-refractivity contribution < 1.29 is 14.3 Å². The average Bonchev–Trinajstić information content (AvgIpc) is 2.74. The van der Waals surface area contributed by atoms with Crippen LogP contribution in [0.4, 0.5) is 5.69 Å². The predicted molar refractivity (Wildman–Crippen MR) is 110 cm³/mol. The highest BCUT2D eigenvalue weighted by Gasteiger charge is 2.18. The standard InChI is InChI=1S/C21H21N3O3S/c1-14(15-6-7-18(26-2)19(13-15)27-3)28-21-17(5-4-10-23-21)20(25)24-16-8-11-22-12-9-16/h4-14H,1-3H3,(H,22,24,25). The lowest BCUT2D eigenvalue weighted by Gasteiger charge is -2.16. The van der Waals surface area contributed by atoms with Crippen LogP contribution in [0.25, 0.3) is 0 Å². The third-order valence-electron chi connectivity index (χ3n) is 4.12. The molecule has 0 saturated carbocycles. The van der Waals surface area contributed by atoms with Crippen LogP contribution in [-0.4, -0.2) is 30.1 Å². The molecule has 2 aromatic heterocycles. The summed E-state index contributed by atoms with van der Waals surface area (Å²) in [5.74, 6) is 1.14. The van der Waals surface area contributed by atoms with E-state index in [1.54, 1.807) is 57.1 Å². The van der Waals surface area contributed by atoms with Crippen molar-refractivity contribution in [1.29, 1.82) is 0 Å². The first kappa shape index (κ1) is 19.7. The Morgan fingerprint density at radius 3 is 2.50 bits per heavy atom. The van der Waals surface area contributed by atoms with Gasteiger partial charge in [0.1, 0.15) is 5.03 Å². The van der Waals surface area contributed by atoms with Crippen LogP contribution in [0.15, 0.2) is 66.1 Å². The minimum absolute atomic E-state index is 0.0576. The van der Waals surface area contributed by atoms with Gasteiger partial charge in [-0.15, -0.1) is 0 Å². The van der Waals surface area contributed by atoms with Crippen molar-refractivity contribution in [3.05, 3.63) is 72.2 Å². The SMILES string of the molecule is COc1ccc(C(C)Sc2ncccc2C(=O)Nc2ccncc2)cc1OC. The summed E-state index contributed by atoms with van der Waals surface area (Å²) in [7, 11) is 3.22. The van der Waals surface area contributed by atoms with Crippen LogP contribution in [0.5, 0.6) is 11.5 Å². The van der Waals surface area contributed by atoms with E-state index < -0.39 is 0 Å². The summed E-state index contributed by atoms with van der Waals surface area (Å²) in [6.45, 7) is 2.06. The van der Waals surface area contributed by atoms with E-state index in [1.807, 2.05) is 18.2 Å². The monoisotopic (exact) mass is 395 g/mol. The fourth-order valence-corrected chi connectivity index (χ4v) is 3.66. The number of benzene rings is 1. The van der Waals surface area contributed by atoms with Crippen LogP contribution in [0, 0.1) is 0 Å². The van der Waals surface area contributed by atoms with Gasteiger partial charge < -0.3 is 14.8 Å². The molecule has 1 aromatic carbocycles. The topological polar surface area (TPSA) is 73.3 Å². The third kappa shape index (κ3) is 4.61. The molecule has 1 atom stereocenters. The van der Waals surface area contributed by atoms with Crippen LogP contribution in [0.2, 0.25) is 0 Å². The number of aromatic nitrogens is 2. The molecular weight excluding hydrogens is 374 g/mol. The molecule has 0 saturated heterocycles. The molecular formula is C21H21N3O3S. The molecule has 7 heteroatoms. The number of hydrogen-bond donors (Lipinski definition) is 1. The summed E-state index contributed by atoms with van der Waals surface area (Å²) in [5.41, 5.74) is 2.26. The van der Waals surface area contributed by atoms with Gasteiger partial charge in [-0.3, -0.25) is 9.78 Å². The quantitative estimate of drug-likeness (QED) is 0.590. The van der Waals surface area contributed by atoms with E-state index in [9.17, 15) is 4.79 Å². The van der Waals surface area contributed by atoms with Crippen molar-refractivity contribution in [2.24, 2.45) is 0 Å². The number of carbonyl (C=O) groups is 1. The fourth-order valence-electron chi connectivity index (χ4n) is 2.63. The van der Waals surface area contributed by atoms with Crippen molar-refractivity contribution in [2.45, 2.75) is 17.2 Å². The molecule has 0 spiro atoms. The van der Waals surface area contributed by atoms with Crippen molar-refractivity contribution in [3.8, 4) is 11.5 Å². The van der Waals surface area contributed by atoms with E-state index in [4.69, 9.17) is 9.47 Å². The molecule has 0 aliphatic carbocycles. The summed E-state index contributed by atoms with van der Waals surface area (Å²) in [4.78, 5) is 21.1. The number of anilines is 1. The number of nitrogens with zero attached hydrogens (tertiary/aromatic N) is 2. The predicted octanol–water partition coefficient (Wildman–Crippen LogP) is 4.60. The van der Waals surface area contributed by atoms with Crippen LogP contribution in [-0.2, 0) is 0 Å². The minimum Gasteiger partial charge on any atom is -0.493 e. The molecule has 3 aromatic rings. The first-order valence-electron chi connectivity index (χ1n) is 8.67. The maximum atomic E-state index is 12.7. The molecule has 2 heterocycles. The van der Waals surface area contributed by atoms with E-state index in [1.165, 1.54) is 11.8 Å². The van der Waals surface area contributed by atoms with E-state index in [2.05, 4.69) is 22.2 Å². The third-order valence-corrected chi connectivity index (χ3v) is 5.29. The zero-order valence-electron chi connectivity index (χ0n) is 15.9. The summed E-state index contributed by atoms with van der Waals surface area (Å²) in [6, 6.07) is 12.8. The zero-order valence-corrected chi connectivity index (χ0v) is 16.7. The number of carbonyl (C=O) groups excluding carboxylic acids is 1. The number of rotatable bonds is 7. The highest BCUT2D eigenvalue weighted by atomic mass is 32.2. The van der Waals surface area contributed by atoms with Gasteiger partial charge in [-0.2, -0.15) is 0 Å². The van der Waals surface area contributed by atoms with Crippen LogP contribution in [0.3, 0.4) is 0 Å². The second-order valence-electron chi connectivity index (χ2n) is 5.92. The van der Waals surface area contributed by atoms with Gasteiger partial charge in [0.2, 0.25) is 0 Å². The molecule has 0 fully saturated rings. The van der Waals surface area contributed by atoms with E-state index in [0.717, 1.165) is 5.56 Å². The Labute approximate surface area is 168 Å². The summed E-state index contributed by atoms with van der Waals surface area (Å²) in [5, 5.41) is 3.60. The Bertz CT molecular complexity index is 951. The minimum atomic E-state index is -0.207. The average molecular weight is 395 g/mol. The number of ether oxygens (including phenoxy) is 2. The Balaban J connectivity index is 1.80. The molecule has 0 aliphatic rings. The van der Waals surface area contributed by atoms with Gasteiger partial charge in [0.15, 0.2) is 11.5 Å². The number of thioether (sulfide) groups is 1.